The van der Waals surface area contributed by atoms with Crippen molar-refractivity contribution in [3.63, 3.8) is 0 Å². The number of nitrogens with zero attached hydrogens (tertiary/aromatic N) is 4. The van der Waals surface area contributed by atoms with Gasteiger partial charge in [0.2, 0.25) is 11.8 Å². The Labute approximate surface area is 199 Å². The van der Waals surface area contributed by atoms with Crippen LogP contribution >= 0.6 is 0 Å². The lowest BCUT2D eigenvalue weighted by molar-refractivity contribution is -0.121. The van der Waals surface area contributed by atoms with Crippen molar-refractivity contribution in [2.24, 2.45) is 7.05 Å². The van der Waals surface area contributed by atoms with Gasteiger partial charge in [-0.25, -0.2) is 14.1 Å². The lowest BCUT2D eigenvalue weighted by Crippen LogP contribution is -2.43. The van der Waals surface area contributed by atoms with Crippen molar-refractivity contribution in [3.05, 3.63) is 52.5 Å². The van der Waals surface area contributed by atoms with Crippen molar-refractivity contribution in [2.75, 3.05) is 40.0 Å². The molecule has 1 aliphatic rings. The Morgan fingerprint density at radius 2 is 2.06 bits per heavy atom. The van der Waals surface area contributed by atoms with E-state index in [1.165, 1.54) is 6.07 Å². The van der Waals surface area contributed by atoms with Crippen LogP contribution in [0.2, 0.25) is 0 Å². The van der Waals surface area contributed by atoms with Crippen molar-refractivity contribution < 1.29 is 18.7 Å². The van der Waals surface area contributed by atoms with Gasteiger partial charge in [-0.1, -0.05) is 12.1 Å². The fraction of sp³-hybridized carbons (Fsp3) is 0.480. The van der Waals surface area contributed by atoms with E-state index in [1.54, 1.807) is 23.9 Å². The van der Waals surface area contributed by atoms with Crippen LogP contribution in [0.4, 0.5) is 4.39 Å². The van der Waals surface area contributed by atoms with Crippen molar-refractivity contribution in [3.8, 4) is 5.88 Å². The van der Waals surface area contributed by atoms with E-state index in [0.717, 1.165) is 46.5 Å². The van der Waals surface area contributed by atoms with Gasteiger partial charge in [0, 0.05) is 38.8 Å². The Kier molecular flexibility index (Phi) is 7.43. The second kappa shape index (κ2) is 10.5. The first-order chi connectivity index (χ1) is 16.4. The predicted octanol–water partition coefficient (Wildman–Crippen LogP) is 2.86. The molecule has 1 N–H and O–H groups in total. The first kappa shape index (κ1) is 24.1. The van der Waals surface area contributed by atoms with Crippen LogP contribution in [0.1, 0.15) is 34.8 Å². The molecule has 0 radical (unpaired) electrons. The molecule has 182 valence electrons. The maximum atomic E-state index is 13.9. The lowest BCUT2D eigenvalue weighted by atomic mass is 10.00. The number of amides is 1. The summed E-state index contributed by atoms with van der Waals surface area (Å²) >= 11 is 0. The summed E-state index contributed by atoms with van der Waals surface area (Å²) in [4.78, 5) is 19.8. The van der Waals surface area contributed by atoms with Gasteiger partial charge in [-0.05, 0) is 49.1 Å². The molecule has 4 rings (SSSR count). The van der Waals surface area contributed by atoms with E-state index in [0.29, 0.717) is 38.5 Å². The van der Waals surface area contributed by atoms with Gasteiger partial charge in [0.05, 0.1) is 31.8 Å². The van der Waals surface area contributed by atoms with Crippen molar-refractivity contribution in [1.82, 2.24) is 25.0 Å². The Morgan fingerprint density at radius 3 is 2.76 bits per heavy atom. The molecule has 0 bridgehead atoms. The standard InChI is InChI=1S/C25H32FN5O3/c1-16-20(17(2)28-24-23(16)25(33-4)29-30(24)3)8-9-22(32)27-15-21(31-10-12-34-13-11-31)18-6-5-7-19(26)14-18/h5-7,14,21H,8-13,15H2,1-4H3,(H,27,32). The third kappa shape index (κ3) is 5.05. The summed E-state index contributed by atoms with van der Waals surface area (Å²) in [6.45, 7) is 7.14. The second-order valence-electron chi connectivity index (χ2n) is 8.66. The minimum atomic E-state index is -0.276. The number of methoxy groups -OCH3 is 1. The highest BCUT2D eigenvalue weighted by Gasteiger charge is 2.24. The van der Waals surface area contributed by atoms with E-state index in [1.807, 2.05) is 27.0 Å². The topological polar surface area (TPSA) is 81.5 Å². The molecule has 0 saturated carbocycles. The molecular weight excluding hydrogens is 437 g/mol. The number of aryl methyl sites for hydroxylation is 3. The third-order valence-electron chi connectivity index (χ3n) is 6.53. The molecule has 2 aromatic heterocycles. The summed E-state index contributed by atoms with van der Waals surface area (Å²) < 4.78 is 26.5. The number of benzene rings is 1. The van der Waals surface area contributed by atoms with Gasteiger partial charge in [-0.15, -0.1) is 5.10 Å². The first-order valence-corrected chi connectivity index (χ1v) is 11.6. The van der Waals surface area contributed by atoms with Crippen LogP contribution in [0.3, 0.4) is 0 Å². The molecule has 0 aliphatic carbocycles. The Balaban J connectivity index is 1.45. The van der Waals surface area contributed by atoms with Crippen LogP contribution in [0.25, 0.3) is 11.0 Å². The number of ether oxygens (including phenoxy) is 2. The summed E-state index contributed by atoms with van der Waals surface area (Å²) in [6, 6.07) is 6.49. The van der Waals surface area contributed by atoms with E-state index in [4.69, 9.17) is 14.5 Å². The number of aromatic nitrogens is 3. The summed E-state index contributed by atoms with van der Waals surface area (Å²) in [5, 5.41) is 8.33. The molecular formula is C25H32FN5O3. The summed E-state index contributed by atoms with van der Waals surface area (Å²) in [5.74, 6) is 0.213. The van der Waals surface area contributed by atoms with E-state index < -0.39 is 0 Å². The highest BCUT2D eigenvalue weighted by molar-refractivity contribution is 5.86. The number of nitrogens with one attached hydrogen (secondary N) is 1. The van der Waals surface area contributed by atoms with Crippen molar-refractivity contribution in [1.29, 1.82) is 0 Å². The fourth-order valence-electron chi connectivity index (χ4n) is 4.71. The van der Waals surface area contributed by atoms with Crippen molar-refractivity contribution in [2.45, 2.75) is 32.7 Å². The van der Waals surface area contributed by atoms with Crippen LogP contribution in [0.5, 0.6) is 5.88 Å². The number of morpholine rings is 1. The van der Waals surface area contributed by atoms with Crippen LogP contribution in [0.15, 0.2) is 24.3 Å². The van der Waals surface area contributed by atoms with Crippen LogP contribution in [-0.4, -0.2) is 65.5 Å². The molecule has 3 heterocycles. The van der Waals surface area contributed by atoms with Gasteiger partial charge in [-0.3, -0.25) is 9.69 Å². The molecule has 1 fully saturated rings. The summed E-state index contributed by atoms with van der Waals surface area (Å²) in [7, 11) is 3.44. The molecule has 1 unspecified atom stereocenters. The first-order valence-electron chi connectivity index (χ1n) is 11.6. The number of rotatable bonds is 8. The molecule has 1 saturated heterocycles. The number of hydrogen-bond acceptors (Lipinski definition) is 6. The Morgan fingerprint density at radius 1 is 1.29 bits per heavy atom. The normalized spacial score (nSPS) is 15.4. The molecule has 0 spiro atoms. The number of pyridine rings is 1. The minimum absolute atomic E-state index is 0.0493. The van der Waals surface area contributed by atoms with E-state index >= 15 is 0 Å². The maximum Gasteiger partial charge on any atom is 0.242 e. The molecule has 3 aromatic rings. The highest BCUT2D eigenvalue weighted by atomic mass is 19.1. The monoisotopic (exact) mass is 469 g/mol. The quantitative estimate of drug-likeness (QED) is 0.547. The minimum Gasteiger partial charge on any atom is -0.479 e. The summed E-state index contributed by atoms with van der Waals surface area (Å²) in [5.41, 5.74) is 4.57. The number of hydrogen-bond donors (Lipinski definition) is 1. The largest absolute Gasteiger partial charge is 0.479 e. The molecule has 9 heteroatoms. The zero-order chi connectivity index (χ0) is 24.2. The molecule has 1 aromatic carbocycles. The van der Waals surface area contributed by atoms with Gasteiger partial charge in [-0.2, -0.15) is 0 Å². The third-order valence-corrected chi connectivity index (χ3v) is 6.53. The SMILES string of the molecule is COc1nn(C)c2nc(C)c(CCC(=O)NCC(c3cccc(F)c3)N3CCOCC3)c(C)c12. The van der Waals surface area contributed by atoms with Gasteiger partial charge in [0.1, 0.15) is 5.82 Å². The van der Waals surface area contributed by atoms with Crippen LogP contribution < -0.4 is 10.1 Å². The van der Waals surface area contributed by atoms with Gasteiger partial charge >= 0.3 is 0 Å². The van der Waals surface area contributed by atoms with Crippen LogP contribution in [-0.2, 0) is 23.0 Å². The van der Waals surface area contributed by atoms with Gasteiger partial charge in [0.15, 0.2) is 5.65 Å². The number of fused-ring (bicyclic) bond motifs is 1. The zero-order valence-electron chi connectivity index (χ0n) is 20.2. The fourth-order valence-corrected chi connectivity index (χ4v) is 4.71. The predicted molar refractivity (Wildman–Crippen MR) is 127 cm³/mol. The average molecular weight is 470 g/mol. The molecule has 34 heavy (non-hydrogen) atoms. The van der Waals surface area contributed by atoms with Gasteiger partial charge in [0.25, 0.3) is 0 Å². The maximum absolute atomic E-state index is 13.9. The Hall–Kier alpha value is -3.04. The van der Waals surface area contributed by atoms with Gasteiger partial charge < -0.3 is 14.8 Å². The summed E-state index contributed by atoms with van der Waals surface area (Å²) in [6.07, 6.45) is 0.892. The van der Waals surface area contributed by atoms with E-state index in [2.05, 4.69) is 15.3 Å². The molecule has 1 atom stereocenters. The smallest absolute Gasteiger partial charge is 0.242 e. The van der Waals surface area contributed by atoms with E-state index in [9.17, 15) is 9.18 Å². The average Bonchev–Trinajstić information content (AvgIpc) is 3.15. The highest BCUT2D eigenvalue weighted by Crippen LogP contribution is 2.30. The number of halogens is 1. The number of carbonyl (C=O) groups excluding carboxylic acids is 1. The number of carbonyl (C=O) groups is 1. The van der Waals surface area contributed by atoms with E-state index in [-0.39, 0.29) is 17.8 Å². The molecule has 8 nitrogen and oxygen atoms in total. The molecule has 1 aliphatic heterocycles. The van der Waals surface area contributed by atoms with Crippen LogP contribution in [0, 0.1) is 19.7 Å². The van der Waals surface area contributed by atoms with Crippen molar-refractivity contribution >= 4 is 16.9 Å². The Bertz CT molecular complexity index is 1170. The lowest BCUT2D eigenvalue weighted by Gasteiger charge is -2.35. The zero-order valence-corrected chi connectivity index (χ0v) is 20.2. The molecule has 1 amide bonds. The second-order valence-corrected chi connectivity index (χ2v) is 8.66.